The summed E-state index contributed by atoms with van der Waals surface area (Å²) in [5.41, 5.74) is 4.33. The van der Waals surface area contributed by atoms with Gasteiger partial charge in [0.2, 0.25) is 11.3 Å². The maximum Gasteiger partial charge on any atom is 0.427 e. The third kappa shape index (κ3) is 3.96. The van der Waals surface area contributed by atoms with Gasteiger partial charge in [-0.05, 0) is 103 Å². The summed E-state index contributed by atoms with van der Waals surface area (Å²) >= 11 is 0. The summed E-state index contributed by atoms with van der Waals surface area (Å²) in [7, 11) is 0. The average Bonchev–Trinajstić information content (AvgIpc) is 3.94. The predicted octanol–water partition coefficient (Wildman–Crippen LogP) is 7.61. The van der Waals surface area contributed by atoms with E-state index in [2.05, 4.69) is 29.1 Å². The lowest BCUT2D eigenvalue weighted by Gasteiger charge is -2.63. The molecule has 5 aliphatic carbocycles. The molecule has 46 heavy (non-hydrogen) atoms. The Kier molecular flexibility index (Phi) is 5.95. The fraction of sp³-hybridized carbons (Fsp3) is 0.500. The molecule has 2 N–H and O–H groups in total. The fourth-order valence-electron chi connectivity index (χ4n) is 10.7. The first-order valence-electron chi connectivity index (χ1n) is 16.4. The van der Waals surface area contributed by atoms with Crippen LogP contribution in [0.4, 0.5) is 26.3 Å². The molecule has 242 valence electrons. The highest BCUT2D eigenvalue weighted by Crippen LogP contribution is 2.68. The van der Waals surface area contributed by atoms with Gasteiger partial charge in [0.25, 0.3) is 0 Å². The molecule has 3 aromatic carbocycles. The molecule has 7 aliphatic rings. The monoisotopic (exact) mass is 638 g/mol. The second kappa shape index (κ2) is 9.36. The first-order valence-corrected chi connectivity index (χ1v) is 16.4. The lowest BCUT2D eigenvalue weighted by molar-refractivity contribution is -0.191. The lowest BCUT2D eigenvalue weighted by atomic mass is 9.45. The van der Waals surface area contributed by atoms with Gasteiger partial charge in [-0.25, -0.2) is 20.9 Å². The van der Waals surface area contributed by atoms with Gasteiger partial charge in [0.1, 0.15) is 0 Å². The minimum atomic E-state index is -4.47. The molecule has 10 rings (SSSR count). The first-order chi connectivity index (χ1) is 21.9. The summed E-state index contributed by atoms with van der Waals surface area (Å²) in [5.74, 6) is 0.737. The van der Waals surface area contributed by atoms with Gasteiger partial charge in [-0.3, -0.25) is 0 Å². The maximum atomic E-state index is 14.9. The van der Waals surface area contributed by atoms with Gasteiger partial charge in [0.15, 0.2) is 0 Å². The largest absolute Gasteiger partial charge is 0.427 e. The molecule has 2 heterocycles. The fourth-order valence-corrected chi connectivity index (χ4v) is 10.7. The Hall–Kier alpha value is -2.92. The molecule has 7 atom stereocenters. The van der Waals surface area contributed by atoms with Crippen LogP contribution in [-0.4, -0.2) is 34.0 Å². The van der Waals surface area contributed by atoms with Gasteiger partial charge in [-0.1, -0.05) is 78.9 Å². The molecule has 4 saturated carbocycles. The molecule has 3 aromatic rings. The molecule has 0 amide bonds. The van der Waals surface area contributed by atoms with E-state index in [-0.39, 0.29) is 22.6 Å². The highest BCUT2D eigenvalue weighted by Gasteiger charge is 2.78. The number of hydrogen-bond donors (Lipinski definition) is 2. The topological polar surface area (TPSA) is 49.9 Å². The molecule has 0 spiro atoms. The van der Waals surface area contributed by atoms with Crippen LogP contribution in [0.2, 0.25) is 0 Å². The standard InChI is InChI=1S/C36H36F6N4/c37-35(38,39)33(27-7-3-1-4-8-27)43-45(33)30-14-12-25-16-29(13-11-26(25)17-30)31-18-23-15-24(19-31)21-32(20-23,22-31)46-34(44-46,36(40,41)42)28-9-5-2-6-10-28/h1-11,13,16,23-24,30,43-44H,12,14-15,17-22H2. The molecular weight excluding hydrogens is 602 g/mol. The molecule has 4 bridgehead atoms. The van der Waals surface area contributed by atoms with Crippen LogP contribution in [0.1, 0.15) is 72.8 Å². The average molecular weight is 639 g/mol. The number of rotatable bonds is 5. The second-order valence-corrected chi connectivity index (χ2v) is 14.9. The Labute approximate surface area is 264 Å². The Balaban J connectivity index is 0.999. The van der Waals surface area contributed by atoms with Gasteiger partial charge in [0, 0.05) is 11.6 Å². The summed E-state index contributed by atoms with van der Waals surface area (Å²) in [6, 6.07) is 22.4. The van der Waals surface area contributed by atoms with Gasteiger partial charge < -0.3 is 0 Å². The minimum Gasteiger partial charge on any atom is -0.219 e. The van der Waals surface area contributed by atoms with Crippen molar-refractivity contribution >= 4 is 0 Å². The van der Waals surface area contributed by atoms with Gasteiger partial charge in [-0.15, -0.1) is 0 Å². The summed E-state index contributed by atoms with van der Waals surface area (Å²) in [4.78, 5) is 0. The SMILES string of the molecule is FC(F)(F)C1(c2ccccc2)NN1C1CCc2cc(C34CC5CC(C3)CC(N3NC3(c3ccccc3)C(F)(F)F)(C5)C4)ccc2C1. The number of nitrogens with zero attached hydrogens (tertiary/aromatic N) is 2. The molecule has 6 fully saturated rings. The van der Waals surface area contributed by atoms with Gasteiger partial charge >= 0.3 is 12.4 Å². The highest BCUT2D eigenvalue weighted by molar-refractivity contribution is 5.42. The van der Waals surface area contributed by atoms with E-state index in [1.807, 2.05) is 0 Å². The van der Waals surface area contributed by atoms with Crippen LogP contribution < -0.4 is 10.9 Å². The summed E-state index contributed by atoms with van der Waals surface area (Å²) in [5, 5.41) is 2.96. The highest BCUT2D eigenvalue weighted by atomic mass is 19.4. The summed E-state index contributed by atoms with van der Waals surface area (Å²) in [6.45, 7) is 0. The zero-order valence-electron chi connectivity index (χ0n) is 25.3. The molecule has 0 radical (unpaired) electrons. The third-order valence-electron chi connectivity index (χ3n) is 12.2. The minimum absolute atomic E-state index is 0.196. The summed E-state index contributed by atoms with van der Waals surface area (Å²) < 4.78 is 87.8. The number of fused-ring (bicyclic) bond motifs is 1. The number of nitrogens with one attached hydrogen (secondary N) is 2. The quantitative estimate of drug-likeness (QED) is 0.223. The maximum absolute atomic E-state index is 14.9. The third-order valence-corrected chi connectivity index (χ3v) is 12.2. The number of hydrazine groups is 2. The summed E-state index contributed by atoms with van der Waals surface area (Å²) in [6.07, 6.45) is -1.93. The van der Waals surface area contributed by atoms with Crippen LogP contribution in [0.5, 0.6) is 0 Å². The normalized spacial score (nSPS) is 40.9. The molecule has 7 unspecified atom stereocenters. The van der Waals surface area contributed by atoms with Crippen molar-refractivity contribution in [2.75, 3.05) is 0 Å². The van der Waals surface area contributed by atoms with Crippen molar-refractivity contribution in [3.63, 3.8) is 0 Å². The van der Waals surface area contributed by atoms with E-state index in [0.29, 0.717) is 37.5 Å². The number of benzene rings is 3. The number of aryl methyl sites for hydroxylation is 1. The number of hydrogen-bond acceptors (Lipinski definition) is 4. The van der Waals surface area contributed by atoms with Crippen molar-refractivity contribution in [1.82, 2.24) is 20.9 Å². The molecule has 10 heteroatoms. The lowest BCUT2D eigenvalue weighted by Crippen LogP contribution is -2.62. The number of alkyl halides is 6. The number of halogens is 6. The Bertz CT molecular complexity index is 1660. The van der Waals surface area contributed by atoms with Crippen molar-refractivity contribution in [2.45, 2.75) is 98.5 Å². The zero-order chi connectivity index (χ0) is 31.7. The van der Waals surface area contributed by atoms with Gasteiger partial charge in [0.05, 0.1) is 0 Å². The van der Waals surface area contributed by atoms with Crippen LogP contribution in [0.25, 0.3) is 0 Å². The molecule has 4 nitrogen and oxygen atoms in total. The smallest absolute Gasteiger partial charge is 0.219 e. The van der Waals surface area contributed by atoms with Crippen LogP contribution in [0.3, 0.4) is 0 Å². The van der Waals surface area contributed by atoms with Crippen LogP contribution in [-0.2, 0) is 29.6 Å². The van der Waals surface area contributed by atoms with E-state index >= 15 is 0 Å². The first kappa shape index (κ1) is 29.2. The predicted molar refractivity (Wildman–Crippen MR) is 160 cm³/mol. The van der Waals surface area contributed by atoms with Crippen LogP contribution in [0.15, 0.2) is 78.9 Å². The van der Waals surface area contributed by atoms with Crippen molar-refractivity contribution < 1.29 is 26.3 Å². The van der Waals surface area contributed by atoms with E-state index in [9.17, 15) is 26.3 Å². The van der Waals surface area contributed by atoms with Crippen LogP contribution >= 0.6 is 0 Å². The van der Waals surface area contributed by atoms with Crippen molar-refractivity contribution in [2.24, 2.45) is 11.8 Å². The van der Waals surface area contributed by atoms with E-state index in [0.717, 1.165) is 43.2 Å². The Morgan fingerprint density at radius 3 is 1.87 bits per heavy atom. The molecule has 0 aromatic heterocycles. The van der Waals surface area contributed by atoms with E-state index in [1.165, 1.54) is 22.7 Å². The molecular formula is C36H36F6N4. The van der Waals surface area contributed by atoms with Gasteiger partial charge in [-0.2, -0.15) is 26.3 Å². The van der Waals surface area contributed by atoms with E-state index in [4.69, 9.17) is 0 Å². The molecule has 2 saturated heterocycles. The van der Waals surface area contributed by atoms with Crippen LogP contribution in [0, 0.1) is 11.8 Å². The Morgan fingerprint density at radius 2 is 1.26 bits per heavy atom. The van der Waals surface area contributed by atoms with E-state index < -0.39 is 29.2 Å². The van der Waals surface area contributed by atoms with Crippen molar-refractivity contribution in [3.8, 4) is 0 Å². The zero-order valence-corrected chi connectivity index (χ0v) is 25.3. The second-order valence-electron chi connectivity index (χ2n) is 14.9. The Morgan fingerprint density at radius 1 is 0.652 bits per heavy atom. The van der Waals surface area contributed by atoms with E-state index in [1.54, 1.807) is 53.5 Å². The van der Waals surface area contributed by atoms with Crippen molar-refractivity contribution in [1.29, 1.82) is 0 Å². The van der Waals surface area contributed by atoms with Crippen molar-refractivity contribution in [3.05, 3.63) is 107 Å². The molecule has 2 aliphatic heterocycles.